The van der Waals surface area contributed by atoms with Crippen molar-refractivity contribution in [2.75, 3.05) is 30.6 Å². The highest BCUT2D eigenvalue weighted by atomic mass is 16.5. The third kappa shape index (κ3) is 4.64. The molecule has 3 aromatic rings. The van der Waals surface area contributed by atoms with E-state index in [-0.39, 0.29) is 16.8 Å². The van der Waals surface area contributed by atoms with Gasteiger partial charge in [0.05, 0.1) is 25.3 Å². The Bertz CT molecular complexity index is 1050. The van der Waals surface area contributed by atoms with Crippen LogP contribution in [-0.2, 0) is 9.47 Å². The first-order valence-electron chi connectivity index (χ1n) is 8.94. The normalized spacial score (nSPS) is 10.2. The maximum absolute atomic E-state index is 12.0. The van der Waals surface area contributed by atoms with Crippen LogP contribution in [0.15, 0.2) is 48.8 Å². The van der Waals surface area contributed by atoms with E-state index in [1.807, 2.05) is 31.2 Å². The van der Waals surface area contributed by atoms with Crippen LogP contribution in [0.25, 0.3) is 0 Å². The molecular weight excluding hydrogens is 386 g/mol. The number of aryl methyl sites for hydroxylation is 1. The first-order chi connectivity index (χ1) is 14.4. The summed E-state index contributed by atoms with van der Waals surface area (Å²) in [5.41, 5.74) is 9.19. The lowest BCUT2D eigenvalue weighted by Gasteiger charge is -2.14. The minimum Gasteiger partial charge on any atom is -0.465 e. The summed E-state index contributed by atoms with van der Waals surface area (Å²) in [5.74, 6) is -0.478. The van der Waals surface area contributed by atoms with Crippen LogP contribution in [0.2, 0.25) is 0 Å². The number of benzene rings is 2. The van der Waals surface area contributed by atoms with Gasteiger partial charge in [0.2, 0.25) is 0 Å². The van der Waals surface area contributed by atoms with E-state index in [4.69, 9.17) is 15.2 Å². The van der Waals surface area contributed by atoms with Crippen LogP contribution in [0.1, 0.15) is 26.3 Å². The maximum atomic E-state index is 12.0. The minimum absolute atomic E-state index is 0.175. The lowest BCUT2D eigenvalue weighted by Crippen LogP contribution is -2.09. The number of hydrogen-bond acceptors (Lipinski definition) is 9. The fourth-order valence-corrected chi connectivity index (χ4v) is 2.68. The Morgan fingerprint density at radius 3 is 1.83 bits per heavy atom. The topological polar surface area (TPSA) is 128 Å². The molecule has 0 aliphatic heterocycles. The number of hydrogen-bond donors (Lipinski definition) is 3. The van der Waals surface area contributed by atoms with E-state index in [2.05, 4.69) is 20.6 Å². The number of methoxy groups -OCH3 is 2. The first-order valence-corrected chi connectivity index (χ1v) is 8.94. The molecule has 0 aliphatic rings. The van der Waals surface area contributed by atoms with Crippen molar-refractivity contribution in [1.29, 1.82) is 0 Å². The zero-order valence-electron chi connectivity index (χ0n) is 16.7. The number of ether oxygens (including phenoxy) is 2. The van der Waals surface area contributed by atoms with Crippen LogP contribution in [0, 0.1) is 6.92 Å². The highest BCUT2D eigenvalue weighted by Gasteiger charge is 2.15. The second-order valence-electron chi connectivity index (χ2n) is 6.38. The maximum Gasteiger partial charge on any atom is 0.337 e. The number of esters is 2. The Morgan fingerprint density at radius 1 is 0.833 bits per heavy atom. The van der Waals surface area contributed by atoms with Gasteiger partial charge in [-0.15, -0.1) is 0 Å². The van der Waals surface area contributed by atoms with Crippen LogP contribution < -0.4 is 16.4 Å². The van der Waals surface area contributed by atoms with Crippen LogP contribution in [0.4, 0.5) is 28.7 Å². The van der Waals surface area contributed by atoms with Crippen molar-refractivity contribution in [2.45, 2.75) is 6.92 Å². The van der Waals surface area contributed by atoms with Crippen LogP contribution in [-0.4, -0.2) is 36.1 Å². The van der Waals surface area contributed by atoms with Crippen molar-refractivity contribution >= 4 is 40.6 Å². The molecule has 0 unspecified atom stereocenters. The standard InChI is InChI=1S/C21H21N5O4/c1-12-4-6-15(7-5-12)25-18-17(22)19(24-11-23-18)26-16-9-13(20(27)29-2)8-14(10-16)21(28)30-3/h4-11H,22H2,1-3H3,(H2,23,24,25,26). The van der Waals surface area contributed by atoms with Gasteiger partial charge in [-0.05, 0) is 37.3 Å². The second-order valence-corrected chi connectivity index (χ2v) is 6.38. The summed E-state index contributed by atoms with van der Waals surface area (Å²) in [5, 5.41) is 6.15. The van der Waals surface area contributed by atoms with Gasteiger partial charge in [-0.1, -0.05) is 17.7 Å². The van der Waals surface area contributed by atoms with Crippen molar-refractivity contribution in [2.24, 2.45) is 0 Å². The molecule has 3 rings (SSSR count). The van der Waals surface area contributed by atoms with Gasteiger partial charge in [-0.25, -0.2) is 19.6 Å². The van der Waals surface area contributed by atoms with Gasteiger partial charge in [0.25, 0.3) is 0 Å². The molecule has 4 N–H and O–H groups in total. The van der Waals surface area contributed by atoms with Crippen molar-refractivity contribution in [3.63, 3.8) is 0 Å². The zero-order valence-corrected chi connectivity index (χ0v) is 16.7. The van der Waals surface area contributed by atoms with E-state index in [0.29, 0.717) is 17.3 Å². The monoisotopic (exact) mass is 407 g/mol. The van der Waals surface area contributed by atoms with Crippen LogP contribution in [0.3, 0.4) is 0 Å². The molecule has 30 heavy (non-hydrogen) atoms. The van der Waals surface area contributed by atoms with Crippen molar-refractivity contribution in [3.05, 3.63) is 65.5 Å². The van der Waals surface area contributed by atoms with E-state index < -0.39 is 11.9 Å². The Labute approximate surface area is 173 Å². The van der Waals surface area contributed by atoms with Gasteiger partial charge in [0.15, 0.2) is 11.6 Å². The Kier molecular flexibility index (Phi) is 6.11. The first kappa shape index (κ1) is 20.6. The molecule has 1 aromatic heterocycles. The molecule has 9 heteroatoms. The third-order valence-corrected chi connectivity index (χ3v) is 4.24. The van der Waals surface area contributed by atoms with Gasteiger partial charge in [0, 0.05) is 11.4 Å². The number of nitrogens with two attached hydrogens (primary N) is 1. The summed E-state index contributed by atoms with van der Waals surface area (Å²) in [6.45, 7) is 2.00. The van der Waals surface area contributed by atoms with Crippen molar-refractivity contribution < 1.29 is 19.1 Å². The average molecular weight is 407 g/mol. The number of rotatable bonds is 6. The predicted octanol–water partition coefficient (Wildman–Crippen LogP) is 3.43. The number of nitrogens with one attached hydrogen (secondary N) is 2. The summed E-state index contributed by atoms with van der Waals surface area (Å²) in [6, 6.07) is 12.2. The number of nitrogen functional groups attached to an aromatic ring is 1. The SMILES string of the molecule is COC(=O)c1cc(Nc2ncnc(Nc3ccc(C)cc3)c2N)cc(C(=O)OC)c1. The largest absolute Gasteiger partial charge is 0.465 e. The molecule has 0 saturated heterocycles. The number of anilines is 5. The molecule has 0 aliphatic carbocycles. The lowest BCUT2D eigenvalue weighted by atomic mass is 10.1. The number of nitrogens with zero attached hydrogens (tertiary/aromatic N) is 2. The molecule has 0 bridgehead atoms. The molecule has 0 atom stereocenters. The number of carbonyl (C=O) groups is 2. The Morgan fingerprint density at radius 2 is 1.33 bits per heavy atom. The smallest absolute Gasteiger partial charge is 0.337 e. The molecule has 154 valence electrons. The van der Waals surface area contributed by atoms with Gasteiger partial charge >= 0.3 is 11.9 Å². The molecule has 0 radical (unpaired) electrons. The summed E-state index contributed by atoms with van der Waals surface area (Å²) in [7, 11) is 2.51. The predicted molar refractivity (Wildman–Crippen MR) is 113 cm³/mol. The third-order valence-electron chi connectivity index (χ3n) is 4.24. The van der Waals surface area contributed by atoms with E-state index in [0.717, 1.165) is 11.3 Å². The fourth-order valence-electron chi connectivity index (χ4n) is 2.68. The highest BCUT2D eigenvalue weighted by Crippen LogP contribution is 2.29. The van der Waals surface area contributed by atoms with Gasteiger partial charge in [0.1, 0.15) is 12.0 Å². The van der Waals surface area contributed by atoms with Crippen molar-refractivity contribution in [1.82, 2.24) is 9.97 Å². The molecule has 0 fully saturated rings. The van der Waals surface area contributed by atoms with E-state index >= 15 is 0 Å². The van der Waals surface area contributed by atoms with Gasteiger partial charge in [-0.3, -0.25) is 0 Å². The van der Waals surface area contributed by atoms with E-state index in [9.17, 15) is 9.59 Å². The summed E-state index contributed by atoms with van der Waals surface area (Å²) >= 11 is 0. The second kappa shape index (κ2) is 8.91. The molecule has 0 spiro atoms. The minimum atomic E-state index is -0.596. The quantitative estimate of drug-likeness (QED) is 0.526. The van der Waals surface area contributed by atoms with E-state index in [1.165, 1.54) is 38.7 Å². The van der Waals surface area contributed by atoms with E-state index in [1.54, 1.807) is 0 Å². The molecule has 9 nitrogen and oxygen atoms in total. The lowest BCUT2D eigenvalue weighted by molar-refractivity contribution is 0.0599. The molecule has 2 aromatic carbocycles. The Hall–Kier alpha value is -4.14. The molecule has 0 saturated carbocycles. The summed E-state index contributed by atoms with van der Waals surface area (Å²) in [4.78, 5) is 32.3. The van der Waals surface area contributed by atoms with Crippen molar-refractivity contribution in [3.8, 4) is 0 Å². The Balaban J connectivity index is 1.93. The molecule has 1 heterocycles. The molecule has 0 amide bonds. The zero-order chi connectivity index (χ0) is 21.7. The van der Waals surface area contributed by atoms with Crippen LogP contribution >= 0.6 is 0 Å². The van der Waals surface area contributed by atoms with Crippen LogP contribution in [0.5, 0.6) is 0 Å². The number of aromatic nitrogens is 2. The average Bonchev–Trinajstić information content (AvgIpc) is 2.76. The fraction of sp³-hybridized carbons (Fsp3) is 0.143. The highest BCUT2D eigenvalue weighted by molar-refractivity contribution is 5.97. The summed E-state index contributed by atoms with van der Waals surface area (Å²) in [6.07, 6.45) is 1.35. The molecular formula is C21H21N5O4. The number of carbonyl (C=O) groups excluding carboxylic acids is 2. The summed E-state index contributed by atoms with van der Waals surface area (Å²) < 4.78 is 9.50. The van der Waals surface area contributed by atoms with Gasteiger partial charge < -0.3 is 25.8 Å². The van der Waals surface area contributed by atoms with Gasteiger partial charge in [-0.2, -0.15) is 0 Å².